The summed E-state index contributed by atoms with van der Waals surface area (Å²) in [6, 6.07) is 0. The molecule has 0 atom stereocenters. The highest BCUT2D eigenvalue weighted by atomic mass is 15.3. The molecule has 3 nitrogen and oxygen atoms in total. The second-order valence-corrected chi connectivity index (χ2v) is 0.661. The molecule has 0 aromatic heterocycles. The standard InChI is InChI=1S/C3H7N3/c1-2-5-6-3-4/h2-3H,1H3,(H2,4,6)/b5-2-. The van der Waals surface area contributed by atoms with Gasteiger partial charge in [0.05, 0.1) is 6.34 Å². The molecule has 0 bridgehead atoms. The van der Waals surface area contributed by atoms with Crippen LogP contribution in [0.4, 0.5) is 0 Å². The quantitative estimate of drug-likeness (QED) is 0.280. The number of hydrogen-bond acceptors (Lipinski definition) is 2. The van der Waals surface area contributed by atoms with Crippen molar-refractivity contribution in [2.24, 2.45) is 5.10 Å². The third kappa shape index (κ3) is 3.14. The molecule has 0 heterocycles. The van der Waals surface area contributed by atoms with Gasteiger partial charge in [0.25, 0.3) is 0 Å². The van der Waals surface area contributed by atoms with E-state index in [4.69, 9.17) is 5.41 Å². The average molecular weight is 85.1 g/mol. The van der Waals surface area contributed by atoms with Crippen molar-refractivity contribution in [3.05, 3.63) is 0 Å². The van der Waals surface area contributed by atoms with E-state index in [1.807, 2.05) is 0 Å². The second-order valence-electron chi connectivity index (χ2n) is 0.661. The van der Waals surface area contributed by atoms with Crippen LogP contribution in [0.5, 0.6) is 0 Å². The lowest BCUT2D eigenvalue weighted by Crippen LogP contribution is -1.97. The van der Waals surface area contributed by atoms with Gasteiger partial charge in [-0.1, -0.05) is 0 Å². The van der Waals surface area contributed by atoms with Gasteiger partial charge in [-0.2, -0.15) is 5.10 Å². The maximum atomic E-state index is 6.36. The minimum atomic E-state index is 1.01. The minimum absolute atomic E-state index is 1.01. The topological polar surface area (TPSA) is 48.2 Å². The van der Waals surface area contributed by atoms with Crippen molar-refractivity contribution in [3.8, 4) is 0 Å². The molecule has 0 rings (SSSR count). The van der Waals surface area contributed by atoms with Gasteiger partial charge in [0.15, 0.2) is 0 Å². The number of rotatable bonds is 2. The fraction of sp³-hybridized carbons (Fsp3) is 0.333. The lowest BCUT2D eigenvalue weighted by Gasteiger charge is -1.77. The van der Waals surface area contributed by atoms with Gasteiger partial charge in [0, 0.05) is 6.21 Å². The third-order valence-corrected chi connectivity index (χ3v) is 0.268. The first-order valence-electron chi connectivity index (χ1n) is 1.64. The molecular formula is C3H7N3. The Kier molecular flexibility index (Phi) is 3.55. The summed E-state index contributed by atoms with van der Waals surface area (Å²) in [5.41, 5.74) is 2.31. The van der Waals surface area contributed by atoms with E-state index in [9.17, 15) is 0 Å². The molecule has 0 unspecified atom stereocenters. The Morgan fingerprint density at radius 3 is 2.67 bits per heavy atom. The number of nitrogens with one attached hydrogen (secondary N) is 2. The molecule has 6 heavy (non-hydrogen) atoms. The normalized spacial score (nSPS) is 8.83. The molecule has 0 aromatic carbocycles. The van der Waals surface area contributed by atoms with Gasteiger partial charge in [0.1, 0.15) is 0 Å². The molecule has 0 aliphatic heterocycles. The van der Waals surface area contributed by atoms with Crippen molar-refractivity contribution in [1.82, 2.24) is 5.43 Å². The highest BCUT2D eigenvalue weighted by molar-refractivity contribution is 5.57. The largest absolute Gasteiger partial charge is 0.290 e. The SMILES string of the molecule is C/C=N\NC=N. The van der Waals surface area contributed by atoms with Gasteiger partial charge in [-0.25, -0.2) is 0 Å². The predicted molar refractivity (Wildman–Crippen MR) is 26.1 cm³/mol. The van der Waals surface area contributed by atoms with Crippen molar-refractivity contribution in [1.29, 1.82) is 5.41 Å². The van der Waals surface area contributed by atoms with E-state index in [0.29, 0.717) is 0 Å². The fourth-order valence-corrected chi connectivity index (χ4v) is 0.112. The Hall–Kier alpha value is -0.860. The molecule has 0 aliphatic carbocycles. The van der Waals surface area contributed by atoms with E-state index in [2.05, 4.69) is 10.5 Å². The smallest absolute Gasteiger partial charge is 0.0998 e. The summed E-state index contributed by atoms with van der Waals surface area (Å²) in [7, 11) is 0. The molecule has 0 aromatic rings. The molecule has 34 valence electrons. The zero-order valence-corrected chi connectivity index (χ0v) is 3.60. The van der Waals surface area contributed by atoms with Crippen molar-refractivity contribution < 1.29 is 0 Å². The molecule has 0 saturated heterocycles. The molecule has 3 heteroatoms. The highest BCUT2D eigenvalue weighted by Gasteiger charge is 1.52. The summed E-state index contributed by atoms with van der Waals surface area (Å²) in [6.07, 6.45) is 2.59. The molecule has 0 spiro atoms. The van der Waals surface area contributed by atoms with Crippen LogP contribution < -0.4 is 5.43 Å². The summed E-state index contributed by atoms with van der Waals surface area (Å²) in [5.74, 6) is 0. The zero-order valence-electron chi connectivity index (χ0n) is 3.60. The van der Waals surface area contributed by atoms with Gasteiger partial charge < -0.3 is 0 Å². The molecule has 0 fully saturated rings. The monoisotopic (exact) mass is 85.1 g/mol. The van der Waals surface area contributed by atoms with Crippen LogP contribution in [0.2, 0.25) is 0 Å². The Morgan fingerprint density at radius 1 is 1.83 bits per heavy atom. The molecule has 2 N–H and O–H groups in total. The molecule has 0 radical (unpaired) electrons. The summed E-state index contributed by atoms with van der Waals surface area (Å²) >= 11 is 0. The maximum absolute atomic E-state index is 6.36. The van der Waals surface area contributed by atoms with E-state index < -0.39 is 0 Å². The van der Waals surface area contributed by atoms with E-state index in [1.54, 1.807) is 13.1 Å². The molecular weight excluding hydrogens is 78.1 g/mol. The van der Waals surface area contributed by atoms with E-state index in [1.165, 1.54) is 0 Å². The van der Waals surface area contributed by atoms with Gasteiger partial charge in [-0.3, -0.25) is 10.8 Å². The minimum Gasteiger partial charge on any atom is -0.290 e. The van der Waals surface area contributed by atoms with Gasteiger partial charge in [-0.05, 0) is 6.92 Å². The lowest BCUT2D eigenvalue weighted by molar-refractivity contribution is 1.05. The van der Waals surface area contributed by atoms with Crippen LogP contribution in [0.1, 0.15) is 6.92 Å². The third-order valence-electron chi connectivity index (χ3n) is 0.268. The van der Waals surface area contributed by atoms with Gasteiger partial charge in [-0.15, -0.1) is 0 Å². The fourth-order valence-electron chi connectivity index (χ4n) is 0.112. The first-order valence-corrected chi connectivity index (χ1v) is 1.64. The van der Waals surface area contributed by atoms with Gasteiger partial charge in [0.2, 0.25) is 0 Å². The Labute approximate surface area is 36.6 Å². The number of nitrogens with zero attached hydrogens (tertiary/aromatic N) is 1. The average Bonchev–Trinajstić information content (AvgIpc) is 1.61. The first-order chi connectivity index (χ1) is 2.91. The van der Waals surface area contributed by atoms with Crippen LogP contribution in [-0.2, 0) is 0 Å². The second kappa shape index (κ2) is 4.14. The Bertz CT molecular complexity index is 57.1. The van der Waals surface area contributed by atoms with Crippen molar-refractivity contribution in [2.75, 3.05) is 0 Å². The molecule has 0 saturated carbocycles. The van der Waals surface area contributed by atoms with E-state index >= 15 is 0 Å². The van der Waals surface area contributed by atoms with Gasteiger partial charge >= 0.3 is 0 Å². The summed E-state index contributed by atoms with van der Waals surface area (Å²) in [6.45, 7) is 1.77. The first kappa shape index (κ1) is 5.14. The highest BCUT2D eigenvalue weighted by Crippen LogP contribution is 1.44. The molecule has 0 aliphatic rings. The van der Waals surface area contributed by atoms with Crippen molar-refractivity contribution >= 4 is 12.6 Å². The number of hydrogen-bond donors (Lipinski definition) is 2. The van der Waals surface area contributed by atoms with Crippen LogP contribution in [0.3, 0.4) is 0 Å². The van der Waals surface area contributed by atoms with E-state index in [0.717, 1.165) is 6.34 Å². The van der Waals surface area contributed by atoms with Crippen LogP contribution >= 0.6 is 0 Å². The molecule has 0 amide bonds. The van der Waals surface area contributed by atoms with Crippen LogP contribution in [-0.4, -0.2) is 12.6 Å². The number of hydrazone groups is 1. The summed E-state index contributed by atoms with van der Waals surface area (Å²) in [5, 5.41) is 9.83. The van der Waals surface area contributed by atoms with Crippen LogP contribution in [0.25, 0.3) is 0 Å². The van der Waals surface area contributed by atoms with E-state index in [-0.39, 0.29) is 0 Å². The predicted octanol–water partition coefficient (Wildman–Crippen LogP) is 0.189. The maximum Gasteiger partial charge on any atom is 0.0998 e. The zero-order chi connectivity index (χ0) is 4.83. The summed E-state index contributed by atoms with van der Waals surface area (Å²) < 4.78 is 0. The lowest BCUT2D eigenvalue weighted by atomic mass is 10.9. The van der Waals surface area contributed by atoms with Crippen LogP contribution in [0, 0.1) is 5.41 Å². The Balaban J connectivity index is 2.85. The van der Waals surface area contributed by atoms with Crippen molar-refractivity contribution in [2.45, 2.75) is 6.92 Å². The van der Waals surface area contributed by atoms with Crippen molar-refractivity contribution in [3.63, 3.8) is 0 Å². The summed E-state index contributed by atoms with van der Waals surface area (Å²) in [4.78, 5) is 0. The van der Waals surface area contributed by atoms with Crippen LogP contribution in [0.15, 0.2) is 5.10 Å². The Morgan fingerprint density at radius 2 is 2.50 bits per heavy atom.